The minimum Gasteiger partial charge on any atom is -0.453 e. The number of esters is 1. The summed E-state index contributed by atoms with van der Waals surface area (Å²) in [5, 5.41) is 9.98. The fourth-order valence-electron chi connectivity index (χ4n) is 2.50. The van der Waals surface area contributed by atoms with E-state index >= 15 is 0 Å². The van der Waals surface area contributed by atoms with Crippen LogP contribution in [-0.2, 0) is 14.3 Å². The van der Waals surface area contributed by atoms with Crippen molar-refractivity contribution < 1.29 is 19.4 Å². The van der Waals surface area contributed by atoms with Gasteiger partial charge in [0.15, 0.2) is 11.9 Å². The number of ketones is 1. The van der Waals surface area contributed by atoms with Crippen LogP contribution in [0.5, 0.6) is 0 Å². The second-order valence-electron chi connectivity index (χ2n) is 6.37. The van der Waals surface area contributed by atoms with Gasteiger partial charge in [-0.1, -0.05) is 32.6 Å². The van der Waals surface area contributed by atoms with Gasteiger partial charge in [-0.25, -0.2) is 0 Å². The van der Waals surface area contributed by atoms with Gasteiger partial charge < -0.3 is 9.84 Å². The molecule has 1 aliphatic carbocycles. The Bertz CT molecular complexity index is 541. The molecule has 0 aromatic carbocycles. The Morgan fingerprint density at radius 3 is 2.68 bits per heavy atom. The van der Waals surface area contributed by atoms with Crippen molar-refractivity contribution in [2.45, 2.75) is 45.8 Å². The Hall–Kier alpha value is -1.39. The minimum atomic E-state index is -1.14. The normalized spacial score (nSPS) is 24.3. The van der Waals surface area contributed by atoms with E-state index in [1.807, 2.05) is 13.8 Å². The molecule has 0 aromatic heterocycles. The highest BCUT2D eigenvalue weighted by atomic mass is 35.5. The van der Waals surface area contributed by atoms with Gasteiger partial charge in [0.05, 0.1) is 5.60 Å². The SMILES string of the molecule is C=CC(C)(O)/C=C/C1=C(C)C(=O)C(OC(=O)CCl)CC1(C)C. The molecule has 1 N–H and O–H groups in total. The molecule has 0 radical (unpaired) electrons. The Balaban J connectivity index is 3.15. The molecule has 0 aliphatic heterocycles. The number of alkyl halides is 1. The van der Waals surface area contributed by atoms with Gasteiger partial charge >= 0.3 is 5.97 Å². The molecule has 4 nitrogen and oxygen atoms in total. The van der Waals surface area contributed by atoms with Crippen LogP contribution in [0.1, 0.15) is 34.1 Å². The number of Topliss-reactive ketones (excluding diaryl/α,β-unsaturated/α-hetero) is 1. The number of hydrogen-bond donors (Lipinski definition) is 1. The molecule has 0 saturated heterocycles. The Morgan fingerprint density at radius 1 is 1.59 bits per heavy atom. The van der Waals surface area contributed by atoms with Crippen LogP contribution in [0.15, 0.2) is 36.0 Å². The molecular weight excluding hydrogens is 304 g/mol. The summed E-state index contributed by atoms with van der Waals surface area (Å²) in [5.74, 6) is -1.10. The highest BCUT2D eigenvalue weighted by Crippen LogP contribution is 2.40. The van der Waals surface area contributed by atoms with Crippen LogP contribution in [-0.4, -0.2) is 34.4 Å². The maximum absolute atomic E-state index is 12.4. The van der Waals surface area contributed by atoms with Crippen LogP contribution in [0.3, 0.4) is 0 Å². The lowest BCUT2D eigenvalue weighted by Gasteiger charge is -2.36. The number of halogens is 1. The van der Waals surface area contributed by atoms with Crippen LogP contribution in [0.25, 0.3) is 0 Å². The van der Waals surface area contributed by atoms with Crippen LogP contribution in [0.2, 0.25) is 0 Å². The van der Waals surface area contributed by atoms with Crippen molar-refractivity contribution in [3.63, 3.8) is 0 Å². The molecule has 5 heteroatoms. The predicted octanol–water partition coefficient (Wildman–Crippen LogP) is 2.95. The zero-order chi connectivity index (χ0) is 17.1. The van der Waals surface area contributed by atoms with Crippen molar-refractivity contribution in [3.8, 4) is 0 Å². The number of aliphatic hydroxyl groups is 1. The monoisotopic (exact) mass is 326 g/mol. The summed E-state index contributed by atoms with van der Waals surface area (Å²) in [7, 11) is 0. The maximum Gasteiger partial charge on any atom is 0.321 e. The number of carbonyl (C=O) groups excluding carboxylic acids is 2. The second-order valence-corrected chi connectivity index (χ2v) is 6.63. The van der Waals surface area contributed by atoms with E-state index < -0.39 is 17.7 Å². The number of hydrogen-bond acceptors (Lipinski definition) is 4. The molecule has 1 rings (SSSR count). The molecular formula is C17H23ClO4. The van der Waals surface area contributed by atoms with E-state index in [1.54, 1.807) is 26.0 Å². The second kappa shape index (κ2) is 6.80. The molecule has 122 valence electrons. The van der Waals surface area contributed by atoms with E-state index in [9.17, 15) is 14.7 Å². The van der Waals surface area contributed by atoms with Crippen molar-refractivity contribution in [1.29, 1.82) is 0 Å². The largest absolute Gasteiger partial charge is 0.453 e. The van der Waals surface area contributed by atoms with Crippen molar-refractivity contribution in [2.24, 2.45) is 5.41 Å². The molecule has 0 saturated carbocycles. The van der Waals surface area contributed by atoms with E-state index in [4.69, 9.17) is 16.3 Å². The number of allylic oxidation sites excluding steroid dienone is 2. The summed E-state index contributed by atoms with van der Waals surface area (Å²) in [6.07, 6.45) is 4.33. The van der Waals surface area contributed by atoms with E-state index in [0.29, 0.717) is 12.0 Å². The van der Waals surface area contributed by atoms with Gasteiger partial charge in [-0.15, -0.1) is 11.6 Å². The topological polar surface area (TPSA) is 63.6 Å². The Morgan fingerprint density at radius 2 is 2.18 bits per heavy atom. The van der Waals surface area contributed by atoms with Crippen LogP contribution < -0.4 is 0 Å². The van der Waals surface area contributed by atoms with Crippen molar-refractivity contribution >= 4 is 23.4 Å². The fraction of sp³-hybridized carbons (Fsp3) is 0.529. The maximum atomic E-state index is 12.4. The quantitative estimate of drug-likeness (QED) is 0.479. The van der Waals surface area contributed by atoms with Crippen molar-refractivity contribution in [2.75, 3.05) is 5.88 Å². The molecule has 0 aromatic rings. The van der Waals surface area contributed by atoms with Crippen molar-refractivity contribution in [3.05, 3.63) is 36.0 Å². The first kappa shape index (κ1) is 18.7. The smallest absolute Gasteiger partial charge is 0.321 e. The fourth-order valence-corrected chi connectivity index (χ4v) is 2.57. The summed E-state index contributed by atoms with van der Waals surface area (Å²) in [6, 6.07) is 0. The number of ether oxygens (including phenoxy) is 1. The van der Waals surface area contributed by atoms with Gasteiger partial charge in [-0.3, -0.25) is 9.59 Å². The summed E-state index contributed by atoms with van der Waals surface area (Å²) in [6.45, 7) is 10.8. The van der Waals surface area contributed by atoms with E-state index in [-0.39, 0.29) is 17.1 Å². The van der Waals surface area contributed by atoms with E-state index in [2.05, 4.69) is 6.58 Å². The molecule has 0 bridgehead atoms. The highest BCUT2D eigenvalue weighted by molar-refractivity contribution is 6.26. The van der Waals surface area contributed by atoms with Crippen LogP contribution >= 0.6 is 11.6 Å². The third kappa shape index (κ3) is 4.31. The highest BCUT2D eigenvalue weighted by Gasteiger charge is 2.39. The van der Waals surface area contributed by atoms with Crippen LogP contribution in [0.4, 0.5) is 0 Å². The number of rotatable bonds is 5. The zero-order valence-corrected chi connectivity index (χ0v) is 14.2. The van der Waals surface area contributed by atoms with Gasteiger partial charge in [-0.05, 0) is 36.5 Å². The van der Waals surface area contributed by atoms with Crippen molar-refractivity contribution in [1.82, 2.24) is 0 Å². The van der Waals surface area contributed by atoms with Crippen LogP contribution in [0, 0.1) is 5.41 Å². The predicted molar refractivity (Wildman–Crippen MR) is 86.7 cm³/mol. The first-order valence-corrected chi connectivity index (χ1v) is 7.64. The first-order chi connectivity index (χ1) is 10.0. The van der Waals surface area contributed by atoms with Gasteiger partial charge in [0.1, 0.15) is 5.88 Å². The Kier molecular flexibility index (Phi) is 5.76. The minimum absolute atomic E-state index is 0.226. The third-order valence-corrected chi connectivity index (χ3v) is 4.09. The standard InChI is InChI=1S/C17H23ClO4/c1-6-17(5,21)8-7-12-11(2)15(20)13(9-16(12,3)4)22-14(19)10-18/h6-8,13,21H,1,9-10H2,2-5H3/b8-7+. The van der Waals surface area contributed by atoms with Gasteiger partial charge in [-0.2, -0.15) is 0 Å². The lowest BCUT2D eigenvalue weighted by atomic mass is 9.70. The summed E-state index contributed by atoms with van der Waals surface area (Å²) in [5.41, 5.74) is -0.172. The van der Waals surface area contributed by atoms with E-state index in [1.165, 1.54) is 6.08 Å². The van der Waals surface area contributed by atoms with Gasteiger partial charge in [0.25, 0.3) is 0 Å². The molecule has 0 spiro atoms. The lowest BCUT2D eigenvalue weighted by molar-refractivity contribution is -0.153. The lowest BCUT2D eigenvalue weighted by Crippen LogP contribution is -2.39. The summed E-state index contributed by atoms with van der Waals surface area (Å²) in [4.78, 5) is 23.7. The molecule has 22 heavy (non-hydrogen) atoms. The molecule has 0 amide bonds. The molecule has 1 aliphatic rings. The average Bonchev–Trinajstić information content (AvgIpc) is 2.43. The van der Waals surface area contributed by atoms with Gasteiger partial charge in [0.2, 0.25) is 0 Å². The van der Waals surface area contributed by atoms with E-state index in [0.717, 1.165) is 5.57 Å². The first-order valence-electron chi connectivity index (χ1n) is 7.10. The average molecular weight is 327 g/mol. The molecule has 0 fully saturated rings. The van der Waals surface area contributed by atoms with Gasteiger partial charge in [0, 0.05) is 6.42 Å². The zero-order valence-electron chi connectivity index (χ0n) is 13.5. The molecule has 2 atom stereocenters. The third-order valence-electron chi connectivity index (χ3n) is 3.87. The molecule has 0 heterocycles. The number of carbonyl (C=O) groups is 2. The summed E-state index contributed by atoms with van der Waals surface area (Å²) >= 11 is 5.42. The Labute approximate surface area is 136 Å². The summed E-state index contributed by atoms with van der Waals surface area (Å²) < 4.78 is 5.13. The molecule has 2 unspecified atom stereocenters.